The third-order valence-corrected chi connectivity index (χ3v) is 3.88. The molecule has 0 aromatic heterocycles. The molecule has 0 aliphatic rings. The van der Waals surface area contributed by atoms with Gasteiger partial charge in [-0.25, -0.2) is 0 Å². The summed E-state index contributed by atoms with van der Waals surface area (Å²) in [6.45, 7) is 2.79. The van der Waals surface area contributed by atoms with E-state index in [0.29, 0.717) is 6.90 Å². The van der Waals surface area contributed by atoms with Gasteiger partial charge < -0.3 is 0 Å². The fourth-order valence-corrected chi connectivity index (χ4v) is 2.94. The second kappa shape index (κ2) is 8.06. The summed E-state index contributed by atoms with van der Waals surface area (Å²) in [5.74, 6) is 0. The highest BCUT2D eigenvalue weighted by Crippen LogP contribution is 2.30. The number of thioether (sulfide) groups is 2. The first kappa shape index (κ1) is 10.5. The zero-order chi connectivity index (χ0) is 10.1. The molecule has 0 rings (SSSR count). The normalized spacial score (nSPS) is 14.1. The van der Waals surface area contributed by atoms with Gasteiger partial charge in [-0.1, -0.05) is 20.2 Å². The molecular formula is C10H20S2. The van der Waals surface area contributed by atoms with Crippen LogP contribution in [0.5, 0.6) is 0 Å². The summed E-state index contributed by atoms with van der Waals surface area (Å²) in [5.41, 5.74) is 0. The van der Waals surface area contributed by atoms with Crippen molar-refractivity contribution in [2.75, 3.05) is 12.5 Å². The molecule has 0 spiro atoms. The molecular weight excluding hydrogens is 184 g/mol. The van der Waals surface area contributed by atoms with Gasteiger partial charge in [0, 0.05) is 1.37 Å². The average molecular weight is 206 g/mol. The maximum Gasteiger partial charge on any atom is 0.0230 e. The minimum atomic E-state index is 0.572. The SMILES string of the molecule is [3H]CCCC/C(SC)=C(\CC)SC. The third kappa shape index (κ3) is 4.46. The Morgan fingerprint density at radius 1 is 1.25 bits per heavy atom. The second-order valence-electron chi connectivity index (χ2n) is 2.57. The molecule has 0 aliphatic carbocycles. The molecule has 0 bridgehead atoms. The summed E-state index contributed by atoms with van der Waals surface area (Å²) in [7, 11) is 0. The van der Waals surface area contributed by atoms with Crippen LogP contribution in [0.3, 0.4) is 0 Å². The van der Waals surface area contributed by atoms with Crippen LogP contribution in [0.15, 0.2) is 9.81 Å². The van der Waals surface area contributed by atoms with E-state index >= 15 is 0 Å². The average Bonchev–Trinajstić information content (AvgIpc) is 2.17. The number of unbranched alkanes of at least 4 members (excludes halogenated alkanes) is 1. The van der Waals surface area contributed by atoms with Gasteiger partial charge in [-0.2, -0.15) is 0 Å². The molecule has 2 heteroatoms. The second-order valence-corrected chi connectivity index (χ2v) is 4.37. The van der Waals surface area contributed by atoms with Crippen molar-refractivity contribution in [2.24, 2.45) is 0 Å². The Kier molecular flexibility index (Phi) is 7.06. The standard InChI is InChI=1S/C10H20S2/c1-5-7-8-10(12-4)9(6-2)11-3/h5-8H2,1-4H3/b10-9-/i1T. The van der Waals surface area contributed by atoms with Gasteiger partial charge >= 0.3 is 0 Å². The first-order valence-corrected chi connectivity index (χ1v) is 6.84. The van der Waals surface area contributed by atoms with Crippen molar-refractivity contribution >= 4 is 23.5 Å². The van der Waals surface area contributed by atoms with E-state index in [-0.39, 0.29) is 0 Å². The van der Waals surface area contributed by atoms with Crippen LogP contribution in [0, 0.1) is 0 Å². The molecule has 0 unspecified atom stereocenters. The van der Waals surface area contributed by atoms with Gasteiger partial charge in [-0.3, -0.25) is 0 Å². The Balaban J connectivity index is 4.04. The quantitative estimate of drug-likeness (QED) is 0.586. The van der Waals surface area contributed by atoms with Gasteiger partial charge in [0.05, 0.1) is 0 Å². The number of hydrogen-bond acceptors (Lipinski definition) is 2. The molecule has 0 radical (unpaired) electrons. The van der Waals surface area contributed by atoms with E-state index in [1.54, 1.807) is 0 Å². The van der Waals surface area contributed by atoms with Crippen LogP contribution in [-0.4, -0.2) is 12.5 Å². The summed E-state index contributed by atoms with van der Waals surface area (Å²) in [5, 5.41) is 0. The molecule has 0 heterocycles. The number of allylic oxidation sites excluding steroid dienone is 2. The van der Waals surface area contributed by atoms with Crippen molar-refractivity contribution < 1.29 is 1.37 Å². The lowest BCUT2D eigenvalue weighted by molar-refractivity contribution is 0.805. The Hall–Kier alpha value is 0.440. The molecule has 0 nitrogen and oxygen atoms in total. The molecule has 0 aromatic carbocycles. The largest absolute Gasteiger partial charge is 0.133 e. The van der Waals surface area contributed by atoms with Crippen molar-refractivity contribution in [2.45, 2.75) is 39.5 Å². The van der Waals surface area contributed by atoms with Crippen LogP contribution < -0.4 is 0 Å². The number of hydrogen-bond donors (Lipinski definition) is 0. The molecule has 0 N–H and O–H groups in total. The summed E-state index contributed by atoms with van der Waals surface area (Å²) in [4.78, 5) is 3.06. The Labute approximate surface area is 87.0 Å². The van der Waals surface area contributed by atoms with Crippen molar-refractivity contribution in [1.29, 1.82) is 0 Å². The van der Waals surface area contributed by atoms with Crippen molar-refractivity contribution in [3.63, 3.8) is 0 Å². The van der Waals surface area contributed by atoms with E-state index in [9.17, 15) is 0 Å². The van der Waals surface area contributed by atoms with E-state index in [4.69, 9.17) is 1.37 Å². The lowest BCUT2D eigenvalue weighted by Gasteiger charge is -2.09. The van der Waals surface area contributed by atoms with E-state index in [0.717, 1.165) is 12.8 Å². The van der Waals surface area contributed by atoms with E-state index in [1.807, 2.05) is 23.5 Å². The van der Waals surface area contributed by atoms with Crippen LogP contribution in [0.2, 0.25) is 0 Å². The molecule has 0 saturated carbocycles. The van der Waals surface area contributed by atoms with Gasteiger partial charge in [0.2, 0.25) is 0 Å². The molecule has 0 amide bonds. The Morgan fingerprint density at radius 2 is 1.92 bits per heavy atom. The smallest absolute Gasteiger partial charge is 0.0230 e. The van der Waals surface area contributed by atoms with Crippen LogP contribution in [0.1, 0.15) is 40.9 Å². The predicted octanol–water partition coefficient (Wildman–Crippen LogP) is 4.52. The monoisotopic (exact) mass is 206 g/mol. The van der Waals surface area contributed by atoms with Crippen LogP contribution >= 0.6 is 23.5 Å². The highest BCUT2D eigenvalue weighted by atomic mass is 32.2. The van der Waals surface area contributed by atoms with Gasteiger partial charge in [-0.05, 0) is 41.6 Å². The minimum absolute atomic E-state index is 0.572. The first-order valence-electron chi connectivity index (χ1n) is 5.10. The van der Waals surface area contributed by atoms with Gasteiger partial charge in [0.15, 0.2) is 0 Å². The van der Waals surface area contributed by atoms with Gasteiger partial charge in [-0.15, -0.1) is 23.5 Å². The van der Waals surface area contributed by atoms with E-state index in [2.05, 4.69) is 19.4 Å². The Bertz CT molecular complexity index is 149. The number of rotatable bonds is 6. The molecule has 0 atom stereocenters. The maximum absolute atomic E-state index is 7.07. The zero-order valence-corrected chi connectivity index (χ0v) is 9.99. The summed E-state index contributed by atoms with van der Waals surface area (Å²) < 4.78 is 7.07. The lowest BCUT2D eigenvalue weighted by atomic mass is 10.2. The maximum atomic E-state index is 7.07. The van der Waals surface area contributed by atoms with E-state index in [1.165, 1.54) is 22.7 Å². The molecule has 72 valence electrons. The molecule has 0 aromatic rings. The third-order valence-electron chi connectivity index (χ3n) is 1.78. The zero-order valence-electron chi connectivity index (χ0n) is 9.35. The summed E-state index contributed by atoms with van der Waals surface area (Å²) in [6, 6.07) is 0. The predicted molar refractivity (Wildman–Crippen MR) is 63.9 cm³/mol. The van der Waals surface area contributed by atoms with E-state index < -0.39 is 0 Å². The summed E-state index contributed by atoms with van der Waals surface area (Å²) in [6.07, 6.45) is 8.84. The van der Waals surface area contributed by atoms with Crippen LogP contribution in [-0.2, 0) is 0 Å². The fourth-order valence-electron chi connectivity index (χ4n) is 1.10. The van der Waals surface area contributed by atoms with Gasteiger partial charge in [0.1, 0.15) is 0 Å². The molecule has 0 saturated heterocycles. The van der Waals surface area contributed by atoms with Crippen molar-refractivity contribution in [1.82, 2.24) is 0 Å². The highest BCUT2D eigenvalue weighted by Gasteiger charge is 2.02. The lowest BCUT2D eigenvalue weighted by Crippen LogP contribution is -1.84. The van der Waals surface area contributed by atoms with Gasteiger partial charge in [0.25, 0.3) is 0 Å². The van der Waals surface area contributed by atoms with Crippen molar-refractivity contribution in [3.8, 4) is 0 Å². The topological polar surface area (TPSA) is 0 Å². The molecule has 12 heavy (non-hydrogen) atoms. The van der Waals surface area contributed by atoms with Crippen molar-refractivity contribution in [3.05, 3.63) is 9.81 Å². The Morgan fingerprint density at radius 3 is 2.33 bits per heavy atom. The minimum Gasteiger partial charge on any atom is -0.133 e. The summed E-state index contributed by atoms with van der Waals surface area (Å²) >= 11 is 3.75. The molecule has 0 fully saturated rings. The fraction of sp³-hybridized carbons (Fsp3) is 0.800. The highest BCUT2D eigenvalue weighted by molar-refractivity contribution is 8.06. The first-order chi connectivity index (χ1) is 6.29. The van der Waals surface area contributed by atoms with Crippen LogP contribution in [0.4, 0.5) is 0 Å². The van der Waals surface area contributed by atoms with Crippen LogP contribution in [0.25, 0.3) is 0 Å². The molecule has 0 aliphatic heterocycles.